The summed E-state index contributed by atoms with van der Waals surface area (Å²) in [6, 6.07) is 8.33. The Kier molecular flexibility index (Phi) is 6.69. The van der Waals surface area contributed by atoms with Crippen LogP contribution in [0.2, 0.25) is 0 Å². The summed E-state index contributed by atoms with van der Waals surface area (Å²) in [7, 11) is 0. The van der Waals surface area contributed by atoms with Crippen LogP contribution in [0, 0.1) is 17.8 Å². The minimum Gasteiger partial charge on any atom is -0.480 e. The van der Waals surface area contributed by atoms with E-state index >= 15 is 0 Å². The van der Waals surface area contributed by atoms with Gasteiger partial charge in [-0.25, -0.2) is 9.78 Å². The number of carboxylic acids is 1. The third-order valence-electron chi connectivity index (χ3n) is 11.2. The third kappa shape index (κ3) is 4.28. The zero-order chi connectivity index (χ0) is 27.7. The number of hydrogen-bond donors (Lipinski definition) is 1. The molecule has 5 aliphatic rings. The molecule has 0 radical (unpaired) electrons. The lowest BCUT2D eigenvalue weighted by atomic mass is 9.65. The molecule has 7 unspecified atom stereocenters. The van der Waals surface area contributed by atoms with Crippen LogP contribution in [-0.4, -0.2) is 68.4 Å². The van der Waals surface area contributed by atoms with Gasteiger partial charge < -0.3 is 19.3 Å². The number of benzene rings is 1. The maximum absolute atomic E-state index is 14.2. The predicted octanol–water partition coefficient (Wildman–Crippen LogP) is 4.85. The van der Waals surface area contributed by atoms with E-state index in [1.165, 1.54) is 38.5 Å². The molecule has 2 aromatic rings. The summed E-state index contributed by atoms with van der Waals surface area (Å²) in [4.78, 5) is 35.2. The fourth-order valence-corrected chi connectivity index (χ4v) is 9.40. The van der Waals surface area contributed by atoms with Crippen molar-refractivity contribution in [2.45, 2.75) is 121 Å². The molecule has 3 saturated heterocycles. The van der Waals surface area contributed by atoms with Gasteiger partial charge in [0, 0.05) is 30.7 Å². The van der Waals surface area contributed by atoms with E-state index in [4.69, 9.17) is 9.72 Å². The normalized spacial score (nSPS) is 39.6. The minimum atomic E-state index is -0.891. The van der Waals surface area contributed by atoms with E-state index < -0.39 is 12.0 Å². The largest absolute Gasteiger partial charge is 0.480 e. The fraction of sp³-hybridized carbons (Fsp3) is 0.719. The van der Waals surface area contributed by atoms with E-state index in [-0.39, 0.29) is 41.7 Å². The second-order valence-corrected chi connectivity index (χ2v) is 13.5. The average molecular weight is 549 g/mol. The second kappa shape index (κ2) is 10.1. The molecule has 1 aromatic heterocycles. The van der Waals surface area contributed by atoms with Crippen LogP contribution >= 0.6 is 0 Å². The molecule has 7 atom stereocenters. The van der Waals surface area contributed by atoms with Gasteiger partial charge in [-0.2, -0.15) is 0 Å². The highest BCUT2D eigenvalue weighted by Gasteiger charge is 2.51. The van der Waals surface area contributed by atoms with Crippen LogP contribution in [0.15, 0.2) is 29.1 Å². The lowest BCUT2D eigenvalue weighted by molar-refractivity contribution is -0.186. The average Bonchev–Trinajstić information content (AvgIpc) is 2.90. The molecular weight excluding hydrogens is 504 g/mol. The number of carboxylic acid groups (broad SMARTS) is 1. The Balaban J connectivity index is 1.24. The molecule has 1 N–H and O–H groups in total. The standard InChI is InChI=1S/C32H44N4O4/c1-4-20-11-21-13-22(12-20)15-23(14-21)35-28-16-24(17-29(35)19(3)40-18(28)2)36-26-8-6-5-7-25(26)33-30(31(36)37)34-10-9-27(34)32(38)39/h5-8,18-24,27-29H,4,9-17H2,1-3H3,(H,38,39). The first-order valence-corrected chi connectivity index (χ1v) is 15.8. The van der Waals surface area contributed by atoms with Crippen molar-refractivity contribution in [3.05, 3.63) is 34.6 Å². The zero-order valence-corrected chi connectivity index (χ0v) is 24.1. The Morgan fingerprint density at radius 3 is 2.25 bits per heavy atom. The second-order valence-electron chi connectivity index (χ2n) is 13.5. The van der Waals surface area contributed by atoms with Crippen molar-refractivity contribution in [2.24, 2.45) is 17.8 Å². The van der Waals surface area contributed by atoms with E-state index in [1.807, 2.05) is 28.8 Å². The molecule has 3 aliphatic heterocycles. The number of hydrogen-bond acceptors (Lipinski definition) is 6. The number of aliphatic carboxylic acids is 1. The predicted molar refractivity (Wildman–Crippen MR) is 155 cm³/mol. The Labute approximate surface area is 236 Å². The molecule has 40 heavy (non-hydrogen) atoms. The zero-order valence-electron chi connectivity index (χ0n) is 24.1. The number of fused-ring (bicyclic) bond motifs is 5. The molecule has 0 amide bonds. The Bertz CT molecular complexity index is 1310. The molecule has 216 valence electrons. The van der Waals surface area contributed by atoms with E-state index in [1.54, 1.807) is 4.90 Å². The van der Waals surface area contributed by atoms with Crippen molar-refractivity contribution in [3.8, 4) is 0 Å². The summed E-state index contributed by atoms with van der Waals surface area (Å²) in [5.41, 5.74) is 1.45. The van der Waals surface area contributed by atoms with E-state index in [0.717, 1.165) is 41.6 Å². The summed E-state index contributed by atoms with van der Waals surface area (Å²) < 4.78 is 8.49. The number of morpholine rings is 1. The van der Waals surface area contributed by atoms with Gasteiger partial charge in [0.1, 0.15) is 6.04 Å². The Hall–Kier alpha value is -2.45. The van der Waals surface area contributed by atoms with Crippen molar-refractivity contribution in [3.63, 3.8) is 0 Å². The highest BCUT2D eigenvalue weighted by atomic mass is 16.5. The molecule has 2 saturated carbocycles. The van der Waals surface area contributed by atoms with Gasteiger partial charge >= 0.3 is 5.97 Å². The van der Waals surface area contributed by atoms with Gasteiger partial charge in [-0.1, -0.05) is 25.5 Å². The number of piperidine rings is 1. The molecule has 8 heteroatoms. The Morgan fingerprint density at radius 2 is 1.65 bits per heavy atom. The number of carbonyl (C=O) groups is 1. The van der Waals surface area contributed by atoms with Crippen molar-refractivity contribution < 1.29 is 14.6 Å². The number of nitrogens with zero attached hydrogens (tertiary/aromatic N) is 4. The molecule has 7 rings (SSSR count). The van der Waals surface area contributed by atoms with Gasteiger partial charge in [0.15, 0.2) is 5.82 Å². The molecule has 4 bridgehead atoms. The van der Waals surface area contributed by atoms with Crippen molar-refractivity contribution >= 4 is 22.8 Å². The molecule has 4 heterocycles. The van der Waals surface area contributed by atoms with Crippen LogP contribution in [0.4, 0.5) is 5.82 Å². The van der Waals surface area contributed by atoms with Gasteiger partial charge in [0.25, 0.3) is 5.56 Å². The highest BCUT2D eigenvalue weighted by Crippen LogP contribution is 2.49. The first-order chi connectivity index (χ1) is 19.3. The third-order valence-corrected chi connectivity index (χ3v) is 11.2. The van der Waals surface area contributed by atoms with Crippen molar-refractivity contribution in [2.75, 3.05) is 11.4 Å². The number of aromatic nitrogens is 2. The number of anilines is 1. The SMILES string of the molecule is CCC1CC2CC(C1)CC(N1C3CC(n4c(=O)c(N5CCC5C(=O)O)nc5ccccc54)CC1C(C)OC3C)C2. The highest BCUT2D eigenvalue weighted by molar-refractivity contribution is 5.81. The van der Waals surface area contributed by atoms with Crippen LogP contribution in [-0.2, 0) is 9.53 Å². The van der Waals surface area contributed by atoms with Crippen LogP contribution in [0.25, 0.3) is 11.0 Å². The van der Waals surface area contributed by atoms with Gasteiger partial charge in [-0.15, -0.1) is 0 Å². The van der Waals surface area contributed by atoms with Crippen molar-refractivity contribution in [1.29, 1.82) is 0 Å². The lowest BCUT2D eigenvalue weighted by Gasteiger charge is -2.59. The first kappa shape index (κ1) is 26.4. The first-order valence-electron chi connectivity index (χ1n) is 15.8. The molecule has 8 nitrogen and oxygen atoms in total. The summed E-state index contributed by atoms with van der Waals surface area (Å²) in [5.74, 6) is 2.00. The summed E-state index contributed by atoms with van der Waals surface area (Å²) in [6.45, 7) is 7.35. The minimum absolute atomic E-state index is 0.0244. The smallest absolute Gasteiger partial charge is 0.326 e. The van der Waals surface area contributed by atoms with Gasteiger partial charge in [-0.05, 0) is 95.1 Å². The van der Waals surface area contributed by atoms with Gasteiger partial charge in [0.05, 0.1) is 23.2 Å². The Morgan fingerprint density at radius 1 is 0.975 bits per heavy atom. The number of ether oxygens (including phenoxy) is 1. The maximum atomic E-state index is 14.2. The van der Waals surface area contributed by atoms with Gasteiger partial charge in [-0.3, -0.25) is 9.69 Å². The van der Waals surface area contributed by atoms with Crippen molar-refractivity contribution in [1.82, 2.24) is 14.5 Å². The van der Waals surface area contributed by atoms with E-state index in [9.17, 15) is 14.7 Å². The lowest BCUT2D eigenvalue weighted by Crippen LogP contribution is -2.67. The molecule has 5 fully saturated rings. The summed E-state index contributed by atoms with van der Waals surface area (Å²) in [6.07, 6.45) is 10.6. The monoisotopic (exact) mass is 548 g/mol. The number of rotatable bonds is 5. The maximum Gasteiger partial charge on any atom is 0.326 e. The van der Waals surface area contributed by atoms with Crippen LogP contribution in [0.3, 0.4) is 0 Å². The van der Waals surface area contributed by atoms with Crippen LogP contribution in [0.5, 0.6) is 0 Å². The molecular formula is C32H44N4O4. The summed E-state index contributed by atoms with van der Waals surface area (Å²) in [5, 5.41) is 9.70. The topological polar surface area (TPSA) is 87.9 Å². The molecule has 1 aromatic carbocycles. The fourth-order valence-electron chi connectivity index (χ4n) is 9.40. The quantitative estimate of drug-likeness (QED) is 0.572. The van der Waals surface area contributed by atoms with E-state index in [0.29, 0.717) is 19.0 Å². The van der Waals surface area contributed by atoms with Gasteiger partial charge in [0.2, 0.25) is 0 Å². The van der Waals surface area contributed by atoms with Crippen LogP contribution < -0.4 is 10.5 Å². The molecule has 2 aliphatic carbocycles. The number of para-hydroxylation sites is 2. The molecule has 0 spiro atoms. The van der Waals surface area contributed by atoms with Crippen LogP contribution in [0.1, 0.15) is 84.6 Å². The summed E-state index contributed by atoms with van der Waals surface area (Å²) >= 11 is 0. The van der Waals surface area contributed by atoms with E-state index in [2.05, 4.69) is 25.7 Å².